The third kappa shape index (κ3) is 3.95. The van der Waals surface area contributed by atoms with Crippen LogP contribution in [0.3, 0.4) is 0 Å². The van der Waals surface area contributed by atoms with Gasteiger partial charge in [0.15, 0.2) is 0 Å². The van der Waals surface area contributed by atoms with E-state index < -0.39 is 0 Å². The van der Waals surface area contributed by atoms with Gasteiger partial charge < -0.3 is 10.2 Å². The maximum absolute atomic E-state index is 13.8. The molecule has 3 rings (SSSR count). The Balaban J connectivity index is 0.00000161. The molecule has 3 nitrogen and oxygen atoms in total. The normalized spacial score (nSPS) is 21.5. The number of hydrogen-bond acceptors (Lipinski definition) is 2. The molecule has 0 aromatic heterocycles. The summed E-state index contributed by atoms with van der Waals surface area (Å²) in [7, 11) is 0. The summed E-state index contributed by atoms with van der Waals surface area (Å²) in [6.45, 7) is 2.17. The van der Waals surface area contributed by atoms with Crippen LogP contribution in [0.5, 0.6) is 0 Å². The average Bonchev–Trinajstić information content (AvgIpc) is 3.31. The fraction of sp³-hybridized carbons (Fsp3) is 0.562. The highest BCUT2D eigenvalue weighted by atomic mass is 35.5. The topological polar surface area (TPSA) is 32.3 Å². The zero-order chi connectivity index (χ0) is 13.9. The summed E-state index contributed by atoms with van der Waals surface area (Å²) in [5.41, 5.74) is 0.622. The minimum Gasteiger partial charge on any atom is -0.335 e. The van der Waals surface area contributed by atoms with Crippen molar-refractivity contribution in [2.75, 3.05) is 13.1 Å². The van der Waals surface area contributed by atoms with Gasteiger partial charge in [0, 0.05) is 24.7 Å². The number of benzene rings is 1. The van der Waals surface area contributed by atoms with Gasteiger partial charge >= 0.3 is 0 Å². The third-order valence-electron chi connectivity index (χ3n) is 4.22. The summed E-state index contributed by atoms with van der Waals surface area (Å²) in [4.78, 5) is 14.6. The molecule has 1 heterocycles. The largest absolute Gasteiger partial charge is 0.335 e. The Hall–Kier alpha value is -1.13. The predicted octanol–water partition coefficient (Wildman–Crippen LogP) is 2.74. The summed E-state index contributed by atoms with van der Waals surface area (Å²) in [6, 6.07) is 7.08. The highest BCUT2D eigenvalue weighted by Gasteiger charge is 2.36. The van der Waals surface area contributed by atoms with E-state index in [2.05, 4.69) is 5.32 Å². The van der Waals surface area contributed by atoms with Crippen molar-refractivity contribution in [2.45, 2.75) is 38.3 Å². The molecule has 1 aromatic rings. The Kier molecular flexibility index (Phi) is 5.59. The molecule has 1 atom stereocenters. The van der Waals surface area contributed by atoms with Crippen LogP contribution < -0.4 is 5.32 Å². The van der Waals surface area contributed by atoms with Crippen molar-refractivity contribution in [3.05, 3.63) is 35.6 Å². The van der Waals surface area contributed by atoms with Gasteiger partial charge in [-0.3, -0.25) is 4.79 Å². The molecule has 0 radical (unpaired) electrons. The molecule has 1 N–H and O–H groups in total. The highest BCUT2D eigenvalue weighted by Crippen LogP contribution is 2.31. The number of hydrogen-bond donors (Lipinski definition) is 1. The van der Waals surface area contributed by atoms with E-state index in [0.717, 1.165) is 38.8 Å². The lowest BCUT2D eigenvalue weighted by Crippen LogP contribution is -2.43. The minimum atomic E-state index is -0.215. The molecule has 0 spiro atoms. The van der Waals surface area contributed by atoms with Crippen LogP contribution in [0.4, 0.5) is 4.39 Å². The van der Waals surface area contributed by atoms with Crippen molar-refractivity contribution in [1.29, 1.82) is 0 Å². The van der Waals surface area contributed by atoms with Gasteiger partial charge in [0.1, 0.15) is 5.82 Å². The molecule has 1 aromatic carbocycles. The predicted molar refractivity (Wildman–Crippen MR) is 82.8 cm³/mol. The number of rotatable bonds is 4. The Labute approximate surface area is 131 Å². The second-order valence-corrected chi connectivity index (χ2v) is 5.83. The van der Waals surface area contributed by atoms with Gasteiger partial charge in [0.05, 0.1) is 5.92 Å². The fourth-order valence-electron chi connectivity index (χ4n) is 2.88. The lowest BCUT2D eigenvalue weighted by Gasteiger charge is -2.30. The number of piperidine rings is 1. The van der Waals surface area contributed by atoms with E-state index in [1.165, 1.54) is 6.07 Å². The summed E-state index contributed by atoms with van der Waals surface area (Å²) in [5.74, 6) is 0.0480. The first-order valence-electron chi connectivity index (χ1n) is 7.50. The average molecular weight is 313 g/mol. The molecule has 21 heavy (non-hydrogen) atoms. The molecule has 0 unspecified atom stereocenters. The standard InChI is InChI=1S/C16H21FN2O.ClH/c17-15-6-2-1-4-13(15)11-19(14-7-8-14)16(20)12-5-3-9-18-10-12;/h1-2,4,6,12,14,18H,3,5,7-11H2;1H/t12-;/m1./s1. The lowest BCUT2D eigenvalue weighted by molar-refractivity contribution is -0.137. The van der Waals surface area contributed by atoms with Crippen molar-refractivity contribution in [2.24, 2.45) is 5.92 Å². The Morgan fingerprint density at radius 2 is 2.05 bits per heavy atom. The van der Waals surface area contributed by atoms with Crippen LogP contribution in [0.2, 0.25) is 0 Å². The van der Waals surface area contributed by atoms with Crippen molar-refractivity contribution in [1.82, 2.24) is 10.2 Å². The van der Waals surface area contributed by atoms with E-state index in [4.69, 9.17) is 0 Å². The van der Waals surface area contributed by atoms with Crippen LogP contribution in [0, 0.1) is 11.7 Å². The molecule has 1 saturated carbocycles. The van der Waals surface area contributed by atoms with E-state index in [1.807, 2.05) is 11.0 Å². The van der Waals surface area contributed by atoms with Crippen LogP contribution >= 0.6 is 12.4 Å². The number of carbonyl (C=O) groups excluding carboxylic acids is 1. The van der Waals surface area contributed by atoms with E-state index in [-0.39, 0.29) is 30.0 Å². The fourth-order valence-corrected chi connectivity index (χ4v) is 2.88. The van der Waals surface area contributed by atoms with E-state index in [1.54, 1.807) is 12.1 Å². The number of nitrogens with zero attached hydrogens (tertiary/aromatic N) is 1. The first kappa shape index (κ1) is 16.2. The number of amides is 1. The maximum Gasteiger partial charge on any atom is 0.227 e. The van der Waals surface area contributed by atoms with Gasteiger partial charge in [0.2, 0.25) is 5.91 Å². The Bertz CT molecular complexity index is 487. The summed E-state index contributed by atoms with van der Waals surface area (Å²) in [5, 5.41) is 3.28. The second-order valence-electron chi connectivity index (χ2n) is 5.83. The molecule has 1 amide bonds. The van der Waals surface area contributed by atoms with Gasteiger partial charge in [-0.2, -0.15) is 0 Å². The second kappa shape index (κ2) is 7.23. The quantitative estimate of drug-likeness (QED) is 0.927. The van der Waals surface area contributed by atoms with Crippen LogP contribution in [-0.2, 0) is 11.3 Å². The monoisotopic (exact) mass is 312 g/mol. The molecule has 2 aliphatic rings. The van der Waals surface area contributed by atoms with E-state index in [9.17, 15) is 9.18 Å². The first-order chi connectivity index (χ1) is 9.75. The van der Waals surface area contributed by atoms with Crippen LogP contribution in [0.15, 0.2) is 24.3 Å². The number of nitrogens with one attached hydrogen (secondary N) is 1. The summed E-state index contributed by atoms with van der Waals surface area (Å²) in [6.07, 6.45) is 4.11. The van der Waals surface area contributed by atoms with Crippen LogP contribution in [0.1, 0.15) is 31.2 Å². The molecule has 1 aliphatic carbocycles. The maximum atomic E-state index is 13.8. The summed E-state index contributed by atoms with van der Waals surface area (Å²) >= 11 is 0. The molecule has 1 saturated heterocycles. The zero-order valence-corrected chi connectivity index (χ0v) is 12.9. The molecule has 0 bridgehead atoms. The highest BCUT2D eigenvalue weighted by molar-refractivity contribution is 5.85. The van der Waals surface area contributed by atoms with Gasteiger partial charge in [0.25, 0.3) is 0 Å². The van der Waals surface area contributed by atoms with Crippen LogP contribution in [-0.4, -0.2) is 29.9 Å². The van der Waals surface area contributed by atoms with Crippen LogP contribution in [0.25, 0.3) is 0 Å². The summed E-state index contributed by atoms with van der Waals surface area (Å²) < 4.78 is 13.8. The molecule has 5 heteroatoms. The van der Waals surface area contributed by atoms with Gasteiger partial charge in [-0.1, -0.05) is 18.2 Å². The number of halogens is 2. The Morgan fingerprint density at radius 1 is 1.29 bits per heavy atom. The molecule has 2 fully saturated rings. The third-order valence-corrected chi connectivity index (χ3v) is 4.22. The van der Waals surface area contributed by atoms with E-state index >= 15 is 0 Å². The minimum absolute atomic E-state index is 0. The SMILES string of the molecule is Cl.O=C([C@@H]1CCCNC1)N(Cc1ccccc1F)C1CC1. The molecule has 1 aliphatic heterocycles. The molecule has 116 valence electrons. The smallest absolute Gasteiger partial charge is 0.227 e. The molecular weight excluding hydrogens is 291 g/mol. The lowest BCUT2D eigenvalue weighted by atomic mass is 9.97. The molecular formula is C16H22ClFN2O. The Morgan fingerprint density at radius 3 is 2.67 bits per heavy atom. The van der Waals surface area contributed by atoms with Crippen molar-refractivity contribution >= 4 is 18.3 Å². The van der Waals surface area contributed by atoms with Gasteiger partial charge in [-0.25, -0.2) is 4.39 Å². The van der Waals surface area contributed by atoms with Crippen molar-refractivity contribution in [3.8, 4) is 0 Å². The van der Waals surface area contributed by atoms with Crippen molar-refractivity contribution in [3.63, 3.8) is 0 Å². The van der Waals surface area contributed by atoms with Crippen molar-refractivity contribution < 1.29 is 9.18 Å². The first-order valence-corrected chi connectivity index (χ1v) is 7.50. The number of carbonyl (C=O) groups is 1. The van der Waals surface area contributed by atoms with Gasteiger partial charge in [-0.15, -0.1) is 12.4 Å². The zero-order valence-electron chi connectivity index (χ0n) is 12.1. The van der Waals surface area contributed by atoms with Gasteiger partial charge in [-0.05, 0) is 38.3 Å². The van der Waals surface area contributed by atoms with E-state index in [0.29, 0.717) is 18.2 Å².